The van der Waals surface area contributed by atoms with Crippen molar-refractivity contribution in [3.8, 4) is 0 Å². The molecule has 1 saturated heterocycles. The van der Waals surface area contributed by atoms with Gasteiger partial charge in [0, 0.05) is 19.6 Å². The van der Waals surface area contributed by atoms with E-state index in [0.717, 1.165) is 22.3 Å². The Kier molecular flexibility index (Phi) is 8.44. The van der Waals surface area contributed by atoms with Crippen molar-refractivity contribution in [3.05, 3.63) is 89.5 Å². The van der Waals surface area contributed by atoms with Crippen molar-refractivity contribution < 1.29 is 19.8 Å². The van der Waals surface area contributed by atoms with E-state index in [9.17, 15) is 9.90 Å². The normalized spacial score (nSPS) is 20.4. The second-order valence-corrected chi connectivity index (χ2v) is 8.16. The Hall–Kier alpha value is -3.38. The SMILES string of the molecule is C\C=C(/C=C\C=N\O)c1ccc([C@H](C)N2CC[C@](CCCO)(c3ccccc3)OC2=O)cc1. The van der Waals surface area contributed by atoms with Gasteiger partial charge in [0.1, 0.15) is 5.60 Å². The topological polar surface area (TPSA) is 82.4 Å². The van der Waals surface area contributed by atoms with Gasteiger partial charge in [-0.3, -0.25) is 0 Å². The van der Waals surface area contributed by atoms with Crippen molar-refractivity contribution in [2.45, 2.75) is 44.8 Å². The number of hydrogen-bond donors (Lipinski definition) is 2. The van der Waals surface area contributed by atoms with Crippen LogP contribution in [0.25, 0.3) is 5.57 Å². The standard InChI is InChI=1S/C27H32N2O4/c1-3-22(9-7-18-28-32)24-14-12-23(13-15-24)21(2)29-19-17-27(16-8-20-30,33-26(29)31)25-10-5-4-6-11-25/h3-7,9-15,18,21,30,32H,8,16-17,19-20H2,1-2H3/b9-7-,22-3+,28-18+/t21-,27+/m0/s1. The first-order valence-corrected chi connectivity index (χ1v) is 11.3. The van der Waals surface area contributed by atoms with Crippen molar-refractivity contribution in [2.75, 3.05) is 13.2 Å². The minimum Gasteiger partial charge on any atom is -0.438 e. The molecule has 0 bridgehead atoms. The van der Waals surface area contributed by atoms with Crippen molar-refractivity contribution >= 4 is 17.9 Å². The van der Waals surface area contributed by atoms with Crippen molar-refractivity contribution in [1.29, 1.82) is 0 Å². The van der Waals surface area contributed by atoms with Crippen LogP contribution >= 0.6 is 0 Å². The summed E-state index contributed by atoms with van der Waals surface area (Å²) in [4.78, 5) is 14.9. The fourth-order valence-electron chi connectivity index (χ4n) is 4.33. The predicted molar refractivity (Wildman–Crippen MR) is 130 cm³/mol. The Labute approximate surface area is 195 Å². The lowest BCUT2D eigenvalue weighted by Gasteiger charge is -2.43. The number of aliphatic hydroxyl groups is 1. The third-order valence-electron chi connectivity index (χ3n) is 6.25. The molecule has 3 rings (SSSR count). The first-order chi connectivity index (χ1) is 16.0. The Balaban J connectivity index is 1.75. The van der Waals surface area contributed by atoms with Crippen LogP contribution in [0.1, 0.15) is 55.8 Å². The van der Waals surface area contributed by atoms with Crippen LogP contribution in [-0.2, 0) is 10.3 Å². The van der Waals surface area contributed by atoms with Gasteiger partial charge in [0.25, 0.3) is 0 Å². The maximum Gasteiger partial charge on any atom is 0.411 e. The largest absolute Gasteiger partial charge is 0.438 e. The molecule has 2 aromatic rings. The van der Waals surface area contributed by atoms with Crippen LogP contribution in [-0.4, -0.2) is 40.7 Å². The summed E-state index contributed by atoms with van der Waals surface area (Å²) in [5.41, 5.74) is 3.33. The number of benzene rings is 2. The molecule has 1 amide bonds. The van der Waals surface area contributed by atoms with Gasteiger partial charge in [-0.2, -0.15) is 0 Å². The van der Waals surface area contributed by atoms with Crippen LogP contribution in [0.5, 0.6) is 0 Å². The lowest BCUT2D eigenvalue weighted by molar-refractivity contribution is -0.0680. The Morgan fingerprint density at radius 1 is 1.21 bits per heavy atom. The van der Waals surface area contributed by atoms with Crippen molar-refractivity contribution in [3.63, 3.8) is 0 Å². The molecule has 0 saturated carbocycles. The molecule has 6 nitrogen and oxygen atoms in total. The molecule has 0 radical (unpaired) electrons. The Morgan fingerprint density at radius 2 is 1.94 bits per heavy atom. The Morgan fingerprint density at radius 3 is 2.55 bits per heavy atom. The Bertz CT molecular complexity index is 999. The number of allylic oxidation sites excluding steroid dienone is 4. The van der Waals surface area contributed by atoms with Crippen LogP contribution in [0.15, 0.2) is 78.0 Å². The van der Waals surface area contributed by atoms with E-state index in [1.165, 1.54) is 6.21 Å². The molecular formula is C27H32N2O4. The summed E-state index contributed by atoms with van der Waals surface area (Å²) in [7, 11) is 0. The fraction of sp³-hybridized carbons (Fsp3) is 0.333. The summed E-state index contributed by atoms with van der Waals surface area (Å²) in [6, 6.07) is 17.8. The molecule has 174 valence electrons. The number of nitrogens with zero attached hydrogens (tertiary/aromatic N) is 2. The maximum atomic E-state index is 13.1. The van der Waals surface area contributed by atoms with E-state index in [1.54, 1.807) is 11.0 Å². The summed E-state index contributed by atoms with van der Waals surface area (Å²) < 4.78 is 6.08. The third kappa shape index (κ3) is 5.71. The molecular weight excluding hydrogens is 416 g/mol. The van der Waals surface area contributed by atoms with Gasteiger partial charge in [-0.25, -0.2) is 4.79 Å². The molecule has 2 N–H and O–H groups in total. The minimum absolute atomic E-state index is 0.0643. The molecule has 0 spiro atoms. The van der Waals surface area contributed by atoms with E-state index in [-0.39, 0.29) is 18.7 Å². The predicted octanol–water partition coefficient (Wildman–Crippen LogP) is 5.68. The van der Waals surface area contributed by atoms with Crippen molar-refractivity contribution in [1.82, 2.24) is 4.90 Å². The zero-order valence-electron chi connectivity index (χ0n) is 19.2. The number of cyclic esters (lactones) is 1. The molecule has 1 aliphatic heterocycles. The zero-order chi connectivity index (χ0) is 23.7. The molecule has 0 aromatic heterocycles. The van der Waals surface area contributed by atoms with Crippen LogP contribution in [0.2, 0.25) is 0 Å². The highest BCUT2D eigenvalue weighted by Gasteiger charge is 2.43. The first-order valence-electron chi connectivity index (χ1n) is 11.3. The van der Waals surface area contributed by atoms with E-state index in [4.69, 9.17) is 9.94 Å². The van der Waals surface area contributed by atoms with Gasteiger partial charge in [-0.15, -0.1) is 0 Å². The van der Waals surface area contributed by atoms with Crippen LogP contribution in [0, 0.1) is 0 Å². The highest BCUT2D eigenvalue weighted by Crippen LogP contribution is 2.40. The molecule has 0 aliphatic carbocycles. The maximum absolute atomic E-state index is 13.1. The van der Waals surface area contributed by atoms with Gasteiger partial charge < -0.3 is 20.0 Å². The number of amides is 1. The second-order valence-electron chi connectivity index (χ2n) is 8.16. The molecule has 1 fully saturated rings. The van der Waals surface area contributed by atoms with Gasteiger partial charge >= 0.3 is 6.09 Å². The number of carbonyl (C=O) groups excluding carboxylic acids is 1. The van der Waals surface area contributed by atoms with Gasteiger partial charge in [0.2, 0.25) is 0 Å². The summed E-state index contributed by atoms with van der Waals surface area (Å²) in [6.07, 6.45) is 8.35. The smallest absolute Gasteiger partial charge is 0.411 e. The van der Waals surface area contributed by atoms with E-state index in [1.807, 2.05) is 80.6 Å². The van der Waals surface area contributed by atoms with E-state index >= 15 is 0 Å². The van der Waals surface area contributed by atoms with Gasteiger partial charge in [-0.1, -0.05) is 71.9 Å². The van der Waals surface area contributed by atoms with Crippen LogP contribution in [0.3, 0.4) is 0 Å². The fourth-order valence-corrected chi connectivity index (χ4v) is 4.33. The lowest BCUT2D eigenvalue weighted by atomic mass is 9.84. The first kappa shape index (κ1) is 24.3. The lowest BCUT2D eigenvalue weighted by Crippen LogP contribution is -2.48. The minimum atomic E-state index is -0.702. The van der Waals surface area contributed by atoms with Gasteiger partial charge in [-0.05, 0) is 55.0 Å². The number of carbonyl (C=O) groups is 1. The number of aliphatic hydroxyl groups excluding tert-OH is 1. The summed E-state index contributed by atoms with van der Waals surface area (Å²) >= 11 is 0. The molecule has 1 heterocycles. The number of oxime groups is 1. The molecule has 33 heavy (non-hydrogen) atoms. The van der Waals surface area contributed by atoms with E-state index in [0.29, 0.717) is 25.8 Å². The summed E-state index contributed by atoms with van der Waals surface area (Å²) in [5.74, 6) is 0. The van der Waals surface area contributed by atoms with Gasteiger partial charge in [0.05, 0.1) is 12.3 Å². The average Bonchev–Trinajstić information content (AvgIpc) is 2.86. The van der Waals surface area contributed by atoms with Crippen LogP contribution < -0.4 is 0 Å². The highest BCUT2D eigenvalue weighted by molar-refractivity contribution is 5.81. The molecule has 0 unspecified atom stereocenters. The second kappa shape index (κ2) is 11.5. The molecule has 1 aliphatic rings. The summed E-state index contributed by atoms with van der Waals surface area (Å²) in [5, 5.41) is 20.9. The van der Waals surface area contributed by atoms with E-state index < -0.39 is 5.60 Å². The zero-order valence-corrected chi connectivity index (χ0v) is 19.2. The number of hydrogen-bond acceptors (Lipinski definition) is 5. The van der Waals surface area contributed by atoms with Crippen molar-refractivity contribution in [2.24, 2.45) is 5.16 Å². The molecule has 2 aromatic carbocycles. The van der Waals surface area contributed by atoms with Crippen LogP contribution in [0.4, 0.5) is 4.79 Å². The monoisotopic (exact) mass is 448 g/mol. The highest BCUT2D eigenvalue weighted by atomic mass is 16.6. The molecule has 6 heteroatoms. The quantitative estimate of drug-likeness (QED) is 0.224. The number of rotatable bonds is 9. The number of ether oxygens (including phenoxy) is 1. The summed E-state index contributed by atoms with van der Waals surface area (Å²) in [6.45, 7) is 4.60. The third-order valence-corrected chi connectivity index (χ3v) is 6.25. The average molecular weight is 449 g/mol. The van der Waals surface area contributed by atoms with Gasteiger partial charge in [0.15, 0.2) is 0 Å². The molecule has 2 atom stereocenters. The van der Waals surface area contributed by atoms with E-state index in [2.05, 4.69) is 5.16 Å².